The zero-order chi connectivity index (χ0) is 15.5. The van der Waals surface area contributed by atoms with Crippen LogP contribution >= 0.6 is 11.3 Å². The monoisotopic (exact) mass is 308 g/mol. The Morgan fingerprint density at radius 2 is 2.00 bits per heavy atom. The van der Waals surface area contributed by atoms with Crippen LogP contribution in [0.2, 0.25) is 0 Å². The number of thiophene rings is 1. The first-order chi connectivity index (χ1) is 9.86. The molecule has 1 aliphatic heterocycles. The first kappa shape index (κ1) is 16.2. The number of aliphatic carboxylic acids is 1. The first-order valence-corrected chi connectivity index (χ1v) is 8.19. The van der Waals surface area contributed by atoms with Crippen molar-refractivity contribution in [3.63, 3.8) is 0 Å². The molecule has 0 spiro atoms. The van der Waals surface area contributed by atoms with Gasteiger partial charge in [0.2, 0.25) is 0 Å². The molecule has 1 saturated heterocycles. The number of carbonyl (C=O) groups is 1. The molecular formula is C16H24N2O2S. The molecule has 2 heterocycles. The van der Waals surface area contributed by atoms with E-state index in [2.05, 4.69) is 30.6 Å². The van der Waals surface area contributed by atoms with Gasteiger partial charge in [0.1, 0.15) is 0 Å². The van der Waals surface area contributed by atoms with Gasteiger partial charge >= 0.3 is 5.97 Å². The lowest BCUT2D eigenvalue weighted by Gasteiger charge is -2.42. The average molecular weight is 308 g/mol. The van der Waals surface area contributed by atoms with Crippen LogP contribution in [0.4, 0.5) is 0 Å². The van der Waals surface area contributed by atoms with Crippen molar-refractivity contribution >= 4 is 23.4 Å². The molecule has 1 aromatic rings. The van der Waals surface area contributed by atoms with Gasteiger partial charge in [-0.3, -0.25) is 9.80 Å². The second kappa shape index (κ2) is 6.73. The van der Waals surface area contributed by atoms with Crippen LogP contribution in [0.1, 0.15) is 31.2 Å². The van der Waals surface area contributed by atoms with Crippen molar-refractivity contribution in [3.8, 4) is 0 Å². The van der Waals surface area contributed by atoms with E-state index in [1.165, 1.54) is 11.0 Å². The number of hydrogen-bond acceptors (Lipinski definition) is 4. The Morgan fingerprint density at radius 1 is 1.33 bits per heavy atom. The first-order valence-electron chi connectivity index (χ1n) is 7.31. The Hall–Kier alpha value is -1.17. The third-order valence-corrected chi connectivity index (χ3v) is 4.80. The maximum atomic E-state index is 10.6. The Bertz CT molecular complexity index is 509. The van der Waals surface area contributed by atoms with Crippen LogP contribution < -0.4 is 0 Å². The Kier molecular flexibility index (Phi) is 5.19. The lowest BCUT2D eigenvalue weighted by atomic mass is 10.0. The van der Waals surface area contributed by atoms with Crippen molar-refractivity contribution in [3.05, 3.63) is 28.0 Å². The molecule has 0 bridgehead atoms. The Balaban J connectivity index is 1.92. The van der Waals surface area contributed by atoms with E-state index < -0.39 is 5.97 Å². The molecule has 21 heavy (non-hydrogen) atoms. The summed E-state index contributed by atoms with van der Waals surface area (Å²) in [6.45, 7) is 12.0. The zero-order valence-corrected chi connectivity index (χ0v) is 13.8. The number of carboxylic acid groups (broad SMARTS) is 1. The van der Waals surface area contributed by atoms with Crippen LogP contribution in [0.5, 0.6) is 0 Å². The zero-order valence-electron chi connectivity index (χ0n) is 13.0. The van der Waals surface area contributed by atoms with Crippen molar-refractivity contribution in [1.82, 2.24) is 9.80 Å². The fourth-order valence-electron chi connectivity index (χ4n) is 2.57. The molecule has 1 N–H and O–H groups in total. The van der Waals surface area contributed by atoms with E-state index in [9.17, 15) is 4.79 Å². The lowest BCUT2D eigenvalue weighted by Crippen LogP contribution is -2.53. The van der Waals surface area contributed by atoms with Gasteiger partial charge in [-0.25, -0.2) is 4.79 Å². The van der Waals surface area contributed by atoms with Crippen molar-refractivity contribution in [2.75, 3.05) is 26.2 Å². The molecular weight excluding hydrogens is 284 g/mol. The maximum Gasteiger partial charge on any atom is 0.328 e. The highest BCUT2D eigenvalue weighted by Gasteiger charge is 2.25. The third-order valence-electron chi connectivity index (χ3n) is 3.87. The minimum atomic E-state index is -0.897. The van der Waals surface area contributed by atoms with Crippen molar-refractivity contribution in [2.24, 2.45) is 0 Å². The van der Waals surface area contributed by atoms with Gasteiger partial charge in [-0.05, 0) is 43.9 Å². The summed E-state index contributed by atoms with van der Waals surface area (Å²) in [7, 11) is 0. The molecule has 0 atom stereocenters. The van der Waals surface area contributed by atoms with E-state index in [-0.39, 0.29) is 5.54 Å². The fourth-order valence-corrected chi connectivity index (χ4v) is 3.48. The van der Waals surface area contributed by atoms with Crippen LogP contribution in [0, 0.1) is 0 Å². The number of rotatable bonds is 4. The van der Waals surface area contributed by atoms with Crippen molar-refractivity contribution < 1.29 is 9.90 Å². The molecule has 0 aromatic carbocycles. The summed E-state index contributed by atoms with van der Waals surface area (Å²) < 4.78 is 0. The highest BCUT2D eigenvalue weighted by molar-refractivity contribution is 7.10. The largest absolute Gasteiger partial charge is 0.478 e. The summed E-state index contributed by atoms with van der Waals surface area (Å²) in [6, 6.07) is 1.99. The summed E-state index contributed by atoms with van der Waals surface area (Å²) in [5.41, 5.74) is 1.27. The van der Waals surface area contributed by atoms with Crippen molar-refractivity contribution in [1.29, 1.82) is 0 Å². The highest BCUT2D eigenvalue weighted by Crippen LogP contribution is 2.22. The number of piperazine rings is 1. The molecule has 0 saturated carbocycles. The van der Waals surface area contributed by atoms with E-state index in [1.54, 1.807) is 17.4 Å². The predicted octanol–water partition coefficient (Wildman–Crippen LogP) is 2.76. The van der Waals surface area contributed by atoms with E-state index in [0.717, 1.165) is 38.3 Å². The fraction of sp³-hybridized carbons (Fsp3) is 0.562. The molecule has 0 aliphatic carbocycles. The third kappa shape index (κ3) is 4.66. The standard InChI is InChI=1S/C16H24N2O2S/c1-16(2,3)18-9-7-17(8-10-18)12-14-13(6-11-21-14)4-5-15(19)20/h4-6,11H,7-10,12H2,1-3H3,(H,19,20). The topological polar surface area (TPSA) is 43.8 Å². The summed E-state index contributed by atoms with van der Waals surface area (Å²) in [4.78, 5) is 16.8. The average Bonchev–Trinajstić information content (AvgIpc) is 2.83. The molecule has 2 rings (SSSR count). The second-order valence-corrected chi connectivity index (χ2v) is 7.41. The molecule has 0 radical (unpaired) electrons. The van der Waals surface area contributed by atoms with Crippen LogP contribution in [0.25, 0.3) is 6.08 Å². The number of hydrogen-bond donors (Lipinski definition) is 1. The van der Waals surface area contributed by atoms with Gasteiger partial charge in [-0.15, -0.1) is 11.3 Å². The van der Waals surface area contributed by atoms with Gasteiger partial charge < -0.3 is 5.11 Å². The molecule has 1 fully saturated rings. The maximum absolute atomic E-state index is 10.6. The molecule has 0 unspecified atom stereocenters. The lowest BCUT2D eigenvalue weighted by molar-refractivity contribution is -0.131. The summed E-state index contributed by atoms with van der Waals surface area (Å²) in [5.74, 6) is -0.897. The Morgan fingerprint density at radius 3 is 2.57 bits per heavy atom. The number of nitrogens with zero attached hydrogens (tertiary/aromatic N) is 2. The van der Waals surface area contributed by atoms with Gasteiger partial charge in [0.05, 0.1) is 0 Å². The molecule has 0 amide bonds. The minimum absolute atomic E-state index is 0.240. The Labute approximate surface area is 130 Å². The summed E-state index contributed by atoms with van der Waals surface area (Å²) >= 11 is 1.70. The van der Waals surface area contributed by atoms with E-state index >= 15 is 0 Å². The summed E-state index contributed by atoms with van der Waals surface area (Å²) in [5, 5.41) is 10.8. The van der Waals surface area contributed by atoms with Crippen LogP contribution in [-0.4, -0.2) is 52.6 Å². The molecule has 4 nitrogen and oxygen atoms in total. The predicted molar refractivity (Wildman–Crippen MR) is 87.6 cm³/mol. The molecule has 1 aliphatic rings. The van der Waals surface area contributed by atoms with Gasteiger partial charge in [-0.2, -0.15) is 0 Å². The molecule has 1 aromatic heterocycles. The van der Waals surface area contributed by atoms with Crippen LogP contribution in [0.3, 0.4) is 0 Å². The quantitative estimate of drug-likeness (QED) is 0.869. The van der Waals surface area contributed by atoms with Gasteiger partial charge in [0.25, 0.3) is 0 Å². The molecule has 116 valence electrons. The normalized spacial score (nSPS) is 18.4. The second-order valence-electron chi connectivity index (χ2n) is 6.40. The van der Waals surface area contributed by atoms with E-state index in [0.29, 0.717) is 0 Å². The SMILES string of the molecule is CC(C)(C)N1CCN(Cc2sccc2C=CC(=O)O)CC1. The van der Waals surface area contributed by atoms with E-state index in [4.69, 9.17) is 5.11 Å². The van der Waals surface area contributed by atoms with Crippen molar-refractivity contribution in [2.45, 2.75) is 32.9 Å². The minimum Gasteiger partial charge on any atom is -0.478 e. The van der Waals surface area contributed by atoms with Gasteiger partial charge in [-0.1, -0.05) is 0 Å². The van der Waals surface area contributed by atoms with Gasteiger partial charge in [0, 0.05) is 49.2 Å². The molecule has 5 heteroatoms. The van der Waals surface area contributed by atoms with E-state index in [1.807, 2.05) is 11.4 Å². The van der Waals surface area contributed by atoms with Crippen LogP contribution in [-0.2, 0) is 11.3 Å². The highest BCUT2D eigenvalue weighted by atomic mass is 32.1. The number of carboxylic acids is 1. The summed E-state index contributed by atoms with van der Waals surface area (Å²) in [6.07, 6.45) is 2.91. The van der Waals surface area contributed by atoms with Gasteiger partial charge in [0.15, 0.2) is 0 Å². The smallest absolute Gasteiger partial charge is 0.328 e. The van der Waals surface area contributed by atoms with Crippen LogP contribution in [0.15, 0.2) is 17.5 Å².